The Bertz CT molecular complexity index is 992. The van der Waals surface area contributed by atoms with Gasteiger partial charge >= 0.3 is 0 Å². The molecule has 0 aliphatic carbocycles. The Morgan fingerprint density at radius 3 is 2.58 bits per heavy atom. The van der Waals surface area contributed by atoms with E-state index in [1.165, 1.54) is 24.3 Å². The molecule has 0 fully saturated rings. The Hall–Kier alpha value is -3.01. The van der Waals surface area contributed by atoms with E-state index in [4.69, 9.17) is 4.74 Å². The summed E-state index contributed by atoms with van der Waals surface area (Å²) in [4.78, 5) is 0. The average Bonchev–Trinajstić information content (AvgIpc) is 2.79. The van der Waals surface area contributed by atoms with Crippen molar-refractivity contribution >= 4 is 11.6 Å². The number of halogens is 3. The second-order valence-electron chi connectivity index (χ2n) is 6.12. The van der Waals surface area contributed by atoms with Crippen molar-refractivity contribution in [3.05, 3.63) is 100 Å². The van der Waals surface area contributed by atoms with E-state index >= 15 is 0 Å². The number of benzene rings is 3. The van der Waals surface area contributed by atoms with Crippen molar-refractivity contribution in [1.82, 2.24) is 0 Å². The van der Waals surface area contributed by atoms with Gasteiger partial charge in [0, 0.05) is 17.2 Å². The molecule has 1 aliphatic rings. The maximum Gasteiger partial charge on any atom is 0.263 e. The van der Waals surface area contributed by atoms with Crippen LogP contribution in [0.3, 0.4) is 0 Å². The summed E-state index contributed by atoms with van der Waals surface area (Å²) in [5.41, 5.74) is 4.08. The standard InChI is InChI=1S/C22H15F3O/c23-17-8-9-19-20(11-14-4-3-6-15(10-14)22(24)25)18-7-2-1-5-16(18)13-26-21(19)12-17/h1-12,22H,13H2. The van der Waals surface area contributed by atoms with Crippen LogP contribution in [0, 0.1) is 5.82 Å². The number of fused-ring (bicyclic) bond motifs is 2. The van der Waals surface area contributed by atoms with Crippen molar-refractivity contribution < 1.29 is 17.9 Å². The van der Waals surface area contributed by atoms with Crippen molar-refractivity contribution in [2.75, 3.05) is 0 Å². The van der Waals surface area contributed by atoms with Gasteiger partial charge in [0.15, 0.2) is 0 Å². The molecule has 1 aliphatic heterocycles. The molecule has 4 heteroatoms. The van der Waals surface area contributed by atoms with Crippen LogP contribution in [0.2, 0.25) is 0 Å². The van der Waals surface area contributed by atoms with Crippen molar-refractivity contribution in [2.45, 2.75) is 13.0 Å². The largest absolute Gasteiger partial charge is 0.488 e. The molecule has 0 atom stereocenters. The molecule has 0 amide bonds. The van der Waals surface area contributed by atoms with Gasteiger partial charge in [0.25, 0.3) is 6.43 Å². The molecule has 0 saturated carbocycles. The van der Waals surface area contributed by atoms with Crippen LogP contribution in [-0.4, -0.2) is 0 Å². The molecule has 3 aromatic rings. The lowest BCUT2D eigenvalue weighted by molar-refractivity contribution is 0.151. The van der Waals surface area contributed by atoms with Crippen molar-refractivity contribution in [3.8, 4) is 5.75 Å². The molecule has 4 rings (SSSR count). The molecule has 0 radical (unpaired) electrons. The van der Waals surface area contributed by atoms with E-state index < -0.39 is 6.43 Å². The van der Waals surface area contributed by atoms with E-state index in [1.807, 2.05) is 30.3 Å². The van der Waals surface area contributed by atoms with Gasteiger partial charge in [-0.1, -0.05) is 42.5 Å². The highest BCUT2D eigenvalue weighted by molar-refractivity contribution is 5.94. The minimum absolute atomic E-state index is 0.0307. The van der Waals surface area contributed by atoms with Crippen LogP contribution < -0.4 is 4.74 Å². The summed E-state index contributed by atoms with van der Waals surface area (Å²) in [5, 5.41) is 0. The molecule has 1 heterocycles. The smallest absolute Gasteiger partial charge is 0.263 e. The lowest BCUT2D eigenvalue weighted by Crippen LogP contribution is -1.95. The van der Waals surface area contributed by atoms with Gasteiger partial charge in [-0.3, -0.25) is 0 Å². The summed E-state index contributed by atoms with van der Waals surface area (Å²) >= 11 is 0. The van der Waals surface area contributed by atoms with Crippen LogP contribution in [0.15, 0.2) is 66.7 Å². The minimum Gasteiger partial charge on any atom is -0.488 e. The van der Waals surface area contributed by atoms with Crippen molar-refractivity contribution in [1.29, 1.82) is 0 Å². The summed E-state index contributed by atoms with van der Waals surface area (Å²) in [5.74, 6) is 0.0613. The Labute approximate surface area is 149 Å². The van der Waals surface area contributed by atoms with Gasteiger partial charge in [0.05, 0.1) is 0 Å². The predicted molar refractivity (Wildman–Crippen MR) is 95.5 cm³/mol. The summed E-state index contributed by atoms with van der Waals surface area (Å²) in [6.07, 6.45) is -0.685. The molecule has 0 aromatic heterocycles. The second kappa shape index (κ2) is 6.71. The third-order valence-corrected chi connectivity index (χ3v) is 4.40. The SMILES string of the molecule is Fc1ccc2c(c1)OCc1ccccc1C2=Cc1cccc(C(F)F)c1. The predicted octanol–water partition coefficient (Wildman–Crippen LogP) is 6.24. The topological polar surface area (TPSA) is 9.23 Å². The fraction of sp³-hybridized carbons (Fsp3) is 0.0909. The highest BCUT2D eigenvalue weighted by atomic mass is 19.3. The molecule has 0 unspecified atom stereocenters. The van der Waals surface area contributed by atoms with Crippen molar-refractivity contribution in [3.63, 3.8) is 0 Å². The number of hydrogen-bond donors (Lipinski definition) is 0. The summed E-state index contributed by atoms with van der Waals surface area (Å²) < 4.78 is 45.5. The fourth-order valence-corrected chi connectivity index (χ4v) is 3.15. The van der Waals surface area contributed by atoms with Gasteiger partial charge in [0.1, 0.15) is 18.2 Å². The van der Waals surface area contributed by atoms with E-state index in [0.717, 1.165) is 22.3 Å². The van der Waals surface area contributed by atoms with Crippen molar-refractivity contribution in [2.24, 2.45) is 0 Å². The number of hydrogen-bond acceptors (Lipinski definition) is 1. The maximum atomic E-state index is 13.7. The van der Waals surface area contributed by atoms with Gasteiger partial charge in [0.2, 0.25) is 0 Å². The third-order valence-electron chi connectivity index (χ3n) is 4.40. The highest BCUT2D eigenvalue weighted by Gasteiger charge is 2.19. The zero-order valence-electron chi connectivity index (χ0n) is 13.8. The van der Waals surface area contributed by atoms with E-state index in [0.29, 0.717) is 17.9 Å². The highest BCUT2D eigenvalue weighted by Crippen LogP contribution is 2.38. The molecular formula is C22H15F3O. The first-order valence-corrected chi connectivity index (χ1v) is 8.22. The van der Waals surface area contributed by atoms with Gasteiger partial charge < -0.3 is 4.74 Å². The Balaban J connectivity index is 1.93. The first-order chi connectivity index (χ1) is 12.6. The first kappa shape index (κ1) is 16.5. The fourth-order valence-electron chi connectivity index (χ4n) is 3.15. The monoisotopic (exact) mass is 352 g/mol. The quantitative estimate of drug-likeness (QED) is 0.530. The van der Waals surface area contributed by atoms with Gasteiger partial charge in [-0.15, -0.1) is 0 Å². The van der Waals surface area contributed by atoms with Crippen LogP contribution in [0.5, 0.6) is 5.75 Å². The lowest BCUT2D eigenvalue weighted by Gasteiger charge is -2.11. The van der Waals surface area contributed by atoms with Gasteiger partial charge in [-0.05, 0) is 46.5 Å². The van der Waals surface area contributed by atoms with Gasteiger partial charge in [-0.25, -0.2) is 13.2 Å². The minimum atomic E-state index is -2.53. The lowest BCUT2D eigenvalue weighted by atomic mass is 9.92. The normalized spacial score (nSPS) is 14.5. The Morgan fingerprint density at radius 2 is 1.73 bits per heavy atom. The molecule has 3 aromatic carbocycles. The van der Waals surface area contributed by atoms with Gasteiger partial charge in [-0.2, -0.15) is 0 Å². The zero-order chi connectivity index (χ0) is 18.1. The van der Waals surface area contributed by atoms with Crippen LogP contribution in [0.25, 0.3) is 11.6 Å². The molecule has 0 spiro atoms. The Morgan fingerprint density at radius 1 is 0.885 bits per heavy atom. The summed E-state index contributed by atoms with van der Waals surface area (Å²) in [6.45, 7) is 0.320. The molecule has 0 bridgehead atoms. The van der Waals surface area contributed by atoms with E-state index in [9.17, 15) is 13.2 Å². The molecule has 26 heavy (non-hydrogen) atoms. The number of rotatable bonds is 2. The molecule has 0 saturated heterocycles. The summed E-state index contributed by atoms with van der Waals surface area (Å²) in [6, 6.07) is 18.4. The van der Waals surface area contributed by atoms with E-state index in [1.54, 1.807) is 18.2 Å². The summed E-state index contributed by atoms with van der Waals surface area (Å²) in [7, 11) is 0. The molecule has 130 valence electrons. The second-order valence-corrected chi connectivity index (χ2v) is 6.12. The molecule has 1 nitrogen and oxygen atoms in total. The zero-order valence-corrected chi connectivity index (χ0v) is 13.8. The first-order valence-electron chi connectivity index (χ1n) is 8.22. The van der Waals surface area contributed by atoms with Crippen LogP contribution in [0.4, 0.5) is 13.2 Å². The average molecular weight is 352 g/mol. The van der Waals surface area contributed by atoms with Crippen LogP contribution >= 0.6 is 0 Å². The van der Waals surface area contributed by atoms with E-state index in [-0.39, 0.29) is 11.4 Å². The van der Waals surface area contributed by atoms with Crippen LogP contribution in [0.1, 0.15) is 34.2 Å². The van der Waals surface area contributed by atoms with E-state index in [2.05, 4.69) is 0 Å². The third kappa shape index (κ3) is 3.10. The molecule has 0 N–H and O–H groups in total. The Kier molecular flexibility index (Phi) is 4.25. The van der Waals surface area contributed by atoms with Crippen LogP contribution in [-0.2, 0) is 6.61 Å². The maximum absolute atomic E-state index is 13.7. The number of ether oxygens (including phenoxy) is 1. The number of alkyl halides is 2. The molecular weight excluding hydrogens is 337 g/mol.